The number of unbranched alkanes of at least 4 members (excludes halogenated alkanes) is 23. The molecule has 0 heterocycles. The molecule has 6 heteroatoms. The minimum absolute atomic E-state index is 0.0662. The lowest BCUT2D eigenvalue weighted by atomic mass is 10.00. The summed E-state index contributed by atoms with van der Waals surface area (Å²) in [5.41, 5.74) is 0. The van der Waals surface area contributed by atoms with Gasteiger partial charge >= 0.3 is 17.9 Å². The molecular weight excluding hydrogens is 648 g/mol. The second kappa shape index (κ2) is 39.1. The molecule has 0 saturated heterocycles. The van der Waals surface area contributed by atoms with Crippen LogP contribution in [0.2, 0.25) is 0 Å². The molecule has 0 spiro atoms. The first-order valence-corrected chi connectivity index (χ1v) is 22.8. The van der Waals surface area contributed by atoms with Crippen LogP contribution in [0.1, 0.15) is 247 Å². The van der Waals surface area contributed by atoms with E-state index in [1.807, 2.05) is 0 Å². The zero-order chi connectivity index (χ0) is 38.3. The SMILES string of the molecule is CCCCCCCCCCCCCCCCC(=O)OC[C@H](COC(=O)CCCCCCCCC(C)CC)OC(=O)CCCCCCCCC(C)CC. The molecule has 308 valence electrons. The van der Waals surface area contributed by atoms with Gasteiger partial charge in [-0.05, 0) is 31.1 Å². The molecule has 0 amide bonds. The fourth-order valence-corrected chi connectivity index (χ4v) is 6.69. The normalized spacial score (nSPS) is 13.1. The molecule has 52 heavy (non-hydrogen) atoms. The lowest BCUT2D eigenvalue weighted by Gasteiger charge is -2.18. The van der Waals surface area contributed by atoms with Crippen molar-refractivity contribution >= 4 is 17.9 Å². The average Bonchev–Trinajstić information content (AvgIpc) is 3.14. The summed E-state index contributed by atoms with van der Waals surface area (Å²) < 4.78 is 16.7. The number of rotatable bonds is 40. The highest BCUT2D eigenvalue weighted by molar-refractivity contribution is 5.71. The lowest BCUT2D eigenvalue weighted by molar-refractivity contribution is -0.167. The van der Waals surface area contributed by atoms with Crippen molar-refractivity contribution in [2.75, 3.05) is 13.2 Å². The Balaban J connectivity index is 4.33. The first-order chi connectivity index (χ1) is 25.3. The molecule has 0 aromatic heterocycles. The summed E-state index contributed by atoms with van der Waals surface area (Å²) in [5.74, 6) is 0.761. The van der Waals surface area contributed by atoms with Crippen molar-refractivity contribution in [2.24, 2.45) is 11.8 Å². The summed E-state index contributed by atoms with van der Waals surface area (Å²) in [6.07, 6.45) is 36.6. The van der Waals surface area contributed by atoms with Crippen LogP contribution in [0.5, 0.6) is 0 Å². The van der Waals surface area contributed by atoms with Gasteiger partial charge in [0, 0.05) is 19.3 Å². The molecule has 0 bridgehead atoms. The summed E-state index contributed by atoms with van der Waals surface area (Å²) in [5, 5.41) is 0. The third kappa shape index (κ3) is 36.8. The molecule has 0 radical (unpaired) electrons. The van der Waals surface area contributed by atoms with Gasteiger partial charge in [0.2, 0.25) is 0 Å². The van der Waals surface area contributed by atoms with E-state index in [0.717, 1.165) is 69.6 Å². The Morgan fingerprint density at radius 1 is 0.385 bits per heavy atom. The molecule has 2 unspecified atom stereocenters. The monoisotopic (exact) mass is 737 g/mol. The van der Waals surface area contributed by atoms with Crippen molar-refractivity contribution in [1.29, 1.82) is 0 Å². The zero-order valence-corrected chi connectivity index (χ0v) is 35.4. The maximum absolute atomic E-state index is 12.7. The molecule has 0 N–H and O–H groups in total. The van der Waals surface area contributed by atoms with Gasteiger partial charge < -0.3 is 14.2 Å². The molecule has 3 atom stereocenters. The van der Waals surface area contributed by atoms with Crippen LogP contribution >= 0.6 is 0 Å². The fourth-order valence-electron chi connectivity index (χ4n) is 6.69. The molecule has 6 nitrogen and oxygen atoms in total. The van der Waals surface area contributed by atoms with E-state index < -0.39 is 6.10 Å². The van der Waals surface area contributed by atoms with Gasteiger partial charge in [0.15, 0.2) is 6.10 Å². The Kier molecular flexibility index (Phi) is 37.9. The Morgan fingerprint density at radius 2 is 0.673 bits per heavy atom. The van der Waals surface area contributed by atoms with Crippen molar-refractivity contribution in [3.8, 4) is 0 Å². The van der Waals surface area contributed by atoms with Gasteiger partial charge in [-0.2, -0.15) is 0 Å². The minimum Gasteiger partial charge on any atom is -0.462 e. The average molecular weight is 737 g/mol. The molecule has 0 aliphatic heterocycles. The summed E-state index contributed by atoms with van der Waals surface area (Å²) in [6, 6.07) is 0. The van der Waals surface area contributed by atoms with Gasteiger partial charge in [0.05, 0.1) is 0 Å². The van der Waals surface area contributed by atoms with Crippen LogP contribution < -0.4 is 0 Å². The zero-order valence-electron chi connectivity index (χ0n) is 35.4. The van der Waals surface area contributed by atoms with Crippen LogP contribution in [0.25, 0.3) is 0 Å². The largest absolute Gasteiger partial charge is 0.462 e. The number of carbonyl (C=O) groups is 3. The molecule has 0 rings (SSSR count). The second-order valence-corrected chi connectivity index (χ2v) is 16.2. The molecule has 0 aliphatic rings. The molecule has 0 aromatic carbocycles. The number of hydrogen-bond acceptors (Lipinski definition) is 6. The molecule has 0 fully saturated rings. The van der Waals surface area contributed by atoms with E-state index in [9.17, 15) is 14.4 Å². The van der Waals surface area contributed by atoms with Crippen molar-refractivity contribution in [3.63, 3.8) is 0 Å². The van der Waals surface area contributed by atoms with Crippen molar-refractivity contribution in [3.05, 3.63) is 0 Å². The molecular formula is C46H88O6. The van der Waals surface area contributed by atoms with E-state index in [4.69, 9.17) is 14.2 Å². The van der Waals surface area contributed by atoms with Gasteiger partial charge in [-0.3, -0.25) is 14.4 Å². The van der Waals surface area contributed by atoms with Gasteiger partial charge in [0.25, 0.3) is 0 Å². The first-order valence-electron chi connectivity index (χ1n) is 22.8. The maximum Gasteiger partial charge on any atom is 0.306 e. The van der Waals surface area contributed by atoms with Crippen LogP contribution in [0.3, 0.4) is 0 Å². The van der Waals surface area contributed by atoms with Crippen LogP contribution in [0.15, 0.2) is 0 Å². The van der Waals surface area contributed by atoms with E-state index in [0.29, 0.717) is 19.3 Å². The summed E-state index contributed by atoms with van der Waals surface area (Å²) >= 11 is 0. The highest BCUT2D eigenvalue weighted by Gasteiger charge is 2.19. The topological polar surface area (TPSA) is 78.9 Å². The van der Waals surface area contributed by atoms with Crippen LogP contribution in [-0.4, -0.2) is 37.2 Å². The van der Waals surface area contributed by atoms with E-state index in [1.165, 1.54) is 135 Å². The summed E-state index contributed by atoms with van der Waals surface area (Å²) in [4.78, 5) is 37.7. The van der Waals surface area contributed by atoms with E-state index in [2.05, 4.69) is 34.6 Å². The lowest BCUT2D eigenvalue weighted by Crippen LogP contribution is -2.30. The number of carbonyl (C=O) groups excluding carboxylic acids is 3. The minimum atomic E-state index is -0.761. The third-order valence-corrected chi connectivity index (χ3v) is 10.9. The van der Waals surface area contributed by atoms with Crippen LogP contribution in [0.4, 0.5) is 0 Å². The van der Waals surface area contributed by atoms with Gasteiger partial charge in [-0.1, -0.05) is 208 Å². The van der Waals surface area contributed by atoms with Gasteiger partial charge in [-0.25, -0.2) is 0 Å². The highest BCUT2D eigenvalue weighted by Crippen LogP contribution is 2.17. The maximum atomic E-state index is 12.7. The summed E-state index contributed by atoms with van der Waals surface area (Å²) in [7, 11) is 0. The van der Waals surface area contributed by atoms with Crippen LogP contribution in [0, 0.1) is 11.8 Å². The van der Waals surface area contributed by atoms with E-state index in [-0.39, 0.29) is 31.1 Å². The molecule has 0 aliphatic carbocycles. The van der Waals surface area contributed by atoms with Gasteiger partial charge in [0.1, 0.15) is 13.2 Å². The van der Waals surface area contributed by atoms with E-state index in [1.54, 1.807) is 0 Å². The molecule has 0 aromatic rings. The Bertz CT molecular complexity index is 798. The second-order valence-electron chi connectivity index (χ2n) is 16.2. The number of ether oxygens (including phenoxy) is 3. The van der Waals surface area contributed by atoms with Crippen molar-refractivity contribution < 1.29 is 28.6 Å². The predicted octanol–water partition coefficient (Wildman–Crippen LogP) is 14.2. The quantitative estimate of drug-likeness (QED) is 0.0354. The number of esters is 3. The van der Waals surface area contributed by atoms with Crippen molar-refractivity contribution in [1.82, 2.24) is 0 Å². The highest BCUT2D eigenvalue weighted by atomic mass is 16.6. The summed E-state index contributed by atoms with van der Waals surface area (Å²) in [6.45, 7) is 11.3. The molecule has 0 saturated carbocycles. The number of hydrogen-bond donors (Lipinski definition) is 0. The Labute approximate surface area is 323 Å². The smallest absolute Gasteiger partial charge is 0.306 e. The standard InChI is InChI=1S/C46H88O6/c1-6-9-10-11-12-13-14-15-16-17-18-19-26-31-36-44(47)50-39-43(52-46(49)38-33-28-23-21-25-30-35-42(5)8-3)40-51-45(48)37-32-27-22-20-24-29-34-41(4)7-2/h41-43H,6-40H2,1-5H3/t41?,42?,43-/m1/s1. The predicted molar refractivity (Wildman–Crippen MR) is 220 cm³/mol. The van der Waals surface area contributed by atoms with E-state index >= 15 is 0 Å². The van der Waals surface area contributed by atoms with Crippen molar-refractivity contribution in [2.45, 2.75) is 253 Å². The first kappa shape index (κ1) is 50.4. The fraction of sp³-hybridized carbons (Fsp3) is 0.935. The third-order valence-electron chi connectivity index (χ3n) is 10.9. The van der Waals surface area contributed by atoms with Crippen LogP contribution in [-0.2, 0) is 28.6 Å². The Hall–Kier alpha value is -1.59. The Morgan fingerprint density at radius 3 is 1.00 bits per heavy atom. The van der Waals surface area contributed by atoms with Gasteiger partial charge in [-0.15, -0.1) is 0 Å².